The van der Waals surface area contributed by atoms with Crippen LogP contribution in [0, 0.1) is 5.82 Å². The number of nitrogens with zero attached hydrogens (tertiary/aromatic N) is 1. The molecule has 2 aromatic carbocycles. The van der Waals surface area contributed by atoms with Gasteiger partial charge in [-0.2, -0.15) is 0 Å². The molecule has 3 rings (SSSR count). The lowest BCUT2D eigenvalue weighted by Gasteiger charge is -2.25. The molecule has 1 aromatic heterocycles. The summed E-state index contributed by atoms with van der Waals surface area (Å²) in [4.78, 5) is 27.6. The van der Waals surface area contributed by atoms with E-state index in [1.807, 2.05) is 0 Å². The number of halogens is 4. The van der Waals surface area contributed by atoms with E-state index in [4.69, 9.17) is 0 Å². The minimum atomic E-state index is -4.76. The third-order valence-corrected chi connectivity index (χ3v) is 4.62. The van der Waals surface area contributed by atoms with E-state index in [0.29, 0.717) is 11.8 Å². The number of amides is 1. The third-order valence-electron chi connectivity index (χ3n) is 4.62. The molecule has 1 unspecified atom stereocenters. The zero-order valence-electron chi connectivity index (χ0n) is 16.8. The highest BCUT2D eigenvalue weighted by atomic mass is 19.4. The summed E-state index contributed by atoms with van der Waals surface area (Å²) < 4.78 is 54.5. The molecule has 0 aliphatic rings. The number of alkyl halides is 3. The lowest BCUT2D eigenvalue weighted by atomic mass is 9.92. The number of pyridine rings is 1. The van der Waals surface area contributed by atoms with Gasteiger partial charge in [0.1, 0.15) is 12.0 Å². The summed E-state index contributed by atoms with van der Waals surface area (Å²) in [5.41, 5.74) is 0.621. The maximum atomic E-state index is 13.8. The molecule has 0 aliphatic carbocycles. The van der Waals surface area contributed by atoms with Crippen LogP contribution in [0.2, 0.25) is 0 Å². The highest BCUT2D eigenvalue weighted by molar-refractivity contribution is 5.96. The monoisotopic (exact) mass is 446 g/mol. The van der Waals surface area contributed by atoms with Gasteiger partial charge in [0.05, 0.1) is 17.3 Å². The largest absolute Gasteiger partial charge is 0.573 e. The van der Waals surface area contributed by atoms with Crippen molar-refractivity contribution < 1.29 is 31.9 Å². The van der Waals surface area contributed by atoms with Gasteiger partial charge in [0.2, 0.25) is 0 Å². The molecule has 0 fully saturated rings. The van der Waals surface area contributed by atoms with E-state index in [2.05, 4.69) is 15.0 Å². The standard InChI is InChI=1S/C23H18F4N2O3/c1-22(14-30,29-21(31)19-10-11-28-13-20(19)24)12-15-2-4-16(5-3-15)17-6-8-18(9-7-17)32-23(25,26)27/h2-11,13-14H,12H2,1H3,(H,29,31). The minimum absolute atomic E-state index is 0.146. The number of rotatable bonds is 7. The molecule has 9 heteroatoms. The van der Waals surface area contributed by atoms with Gasteiger partial charge in [0.25, 0.3) is 5.91 Å². The molecule has 0 spiro atoms. The van der Waals surface area contributed by atoms with Gasteiger partial charge in [-0.15, -0.1) is 13.2 Å². The zero-order valence-corrected chi connectivity index (χ0v) is 16.8. The lowest BCUT2D eigenvalue weighted by Crippen LogP contribution is -2.49. The van der Waals surface area contributed by atoms with Gasteiger partial charge in [-0.25, -0.2) is 4.39 Å². The molecular formula is C23H18F4N2O3. The molecule has 0 saturated heterocycles. The zero-order chi connectivity index (χ0) is 23.4. The van der Waals surface area contributed by atoms with Gasteiger partial charge in [0, 0.05) is 12.6 Å². The Bertz CT molecular complexity index is 1100. The number of aromatic nitrogens is 1. The van der Waals surface area contributed by atoms with Crippen LogP contribution in [0.25, 0.3) is 11.1 Å². The molecular weight excluding hydrogens is 428 g/mol. The van der Waals surface area contributed by atoms with E-state index in [1.54, 1.807) is 24.3 Å². The first kappa shape index (κ1) is 22.9. The summed E-state index contributed by atoms with van der Waals surface area (Å²) in [6.07, 6.45) is -1.84. The Labute approximate surface area is 181 Å². The smallest absolute Gasteiger partial charge is 0.406 e. The van der Waals surface area contributed by atoms with E-state index in [0.717, 1.165) is 17.3 Å². The predicted molar refractivity (Wildman–Crippen MR) is 108 cm³/mol. The molecule has 1 amide bonds. The van der Waals surface area contributed by atoms with E-state index in [-0.39, 0.29) is 17.7 Å². The summed E-state index contributed by atoms with van der Waals surface area (Å²) in [5.74, 6) is -1.85. The molecule has 166 valence electrons. The Balaban J connectivity index is 1.70. The normalized spacial score (nSPS) is 13.2. The van der Waals surface area contributed by atoms with E-state index in [9.17, 15) is 27.2 Å². The van der Waals surface area contributed by atoms with Crippen LogP contribution in [0.15, 0.2) is 67.0 Å². The van der Waals surface area contributed by atoms with Crippen LogP contribution in [0.4, 0.5) is 17.6 Å². The van der Waals surface area contributed by atoms with Crippen LogP contribution in [0.3, 0.4) is 0 Å². The van der Waals surface area contributed by atoms with Crippen molar-refractivity contribution in [1.29, 1.82) is 0 Å². The number of nitrogens with one attached hydrogen (secondary N) is 1. The molecule has 0 saturated carbocycles. The number of ether oxygens (including phenoxy) is 1. The highest BCUT2D eigenvalue weighted by Crippen LogP contribution is 2.27. The number of carbonyl (C=O) groups excluding carboxylic acids is 2. The molecule has 3 aromatic rings. The molecule has 5 nitrogen and oxygen atoms in total. The predicted octanol–water partition coefficient (Wildman–Crippen LogP) is 4.72. The first-order valence-corrected chi connectivity index (χ1v) is 9.42. The summed E-state index contributed by atoms with van der Waals surface area (Å²) in [7, 11) is 0. The maximum absolute atomic E-state index is 13.8. The number of carbonyl (C=O) groups is 2. The fourth-order valence-corrected chi connectivity index (χ4v) is 3.09. The van der Waals surface area contributed by atoms with Crippen molar-refractivity contribution in [2.45, 2.75) is 25.2 Å². The van der Waals surface area contributed by atoms with Gasteiger partial charge < -0.3 is 14.8 Å². The average molecular weight is 446 g/mol. The molecule has 0 bridgehead atoms. The van der Waals surface area contributed by atoms with E-state index in [1.165, 1.54) is 43.5 Å². The summed E-state index contributed by atoms with van der Waals surface area (Å²) in [6.45, 7) is 1.52. The Morgan fingerprint density at radius 2 is 1.62 bits per heavy atom. The van der Waals surface area contributed by atoms with Gasteiger partial charge >= 0.3 is 6.36 Å². The van der Waals surface area contributed by atoms with Crippen LogP contribution < -0.4 is 10.1 Å². The first-order valence-electron chi connectivity index (χ1n) is 9.42. The van der Waals surface area contributed by atoms with Crippen molar-refractivity contribution in [2.24, 2.45) is 0 Å². The van der Waals surface area contributed by atoms with Crippen LogP contribution in [-0.2, 0) is 11.2 Å². The average Bonchev–Trinajstić information content (AvgIpc) is 2.74. The van der Waals surface area contributed by atoms with Crippen molar-refractivity contribution in [3.8, 4) is 16.9 Å². The maximum Gasteiger partial charge on any atom is 0.573 e. The second-order valence-electron chi connectivity index (χ2n) is 7.29. The molecule has 1 N–H and O–H groups in total. The number of hydrogen-bond donors (Lipinski definition) is 1. The number of hydrogen-bond acceptors (Lipinski definition) is 4. The molecule has 0 radical (unpaired) electrons. The Kier molecular flexibility index (Phi) is 6.57. The van der Waals surface area contributed by atoms with Crippen LogP contribution in [0.1, 0.15) is 22.8 Å². The third kappa shape index (κ3) is 5.90. The first-order chi connectivity index (χ1) is 15.1. The Morgan fingerprint density at radius 1 is 1.03 bits per heavy atom. The van der Waals surface area contributed by atoms with Crippen molar-refractivity contribution in [2.75, 3.05) is 0 Å². The van der Waals surface area contributed by atoms with Gasteiger partial charge in [-0.3, -0.25) is 9.78 Å². The van der Waals surface area contributed by atoms with Gasteiger partial charge in [-0.05, 0) is 41.8 Å². The van der Waals surface area contributed by atoms with Crippen LogP contribution in [-0.4, -0.2) is 29.1 Å². The number of aldehydes is 1. The Hall–Kier alpha value is -3.75. The topological polar surface area (TPSA) is 68.3 Å². The van der Waals surface area contributed by atoms with Crippen molar-refractivity contribution in [3.05, 3.63) is 83.9 Å². The van der Waals surface area contributed by atoms with E-state index >= 15 is 0 Å². The minimum Gasteiger partial charge on any atom is -0.406 e. The quantitative estimate of drug-likeness (QED) is 0.421. The molecule has 1 atom stereocenters. The second kappa shape index (κ2) is 9.17. The molecule has 32 heavy (non-hydrogen) atoms. The second-order valence-corrected chi connectivity index (χ2v) is 7.29. The summed E-state index contributed by atoms with van der Waals surface area (Å²) in [5, 5.41) is 2.54. The van der Waals surface area contributed by atoms with Crippen molar-refractivity contribution in [1.82, 2.24) is 10.3 Å². The van der Waals surface area contributed by atoms with Crippen LogP contribution in [0.5, 0.6) is 5.75 Å². The van der Waals surface area contributed by atoms with Crippen molar-refractivity contribution in [3.63, 3.8) is 0 Å². The van der Waals surface area contributed by atoms with Gasteiger partial charge in [0.15, 0.2) is 5.82 Å². The number of benzene rings is 2. The lowest BCUT2D eigenvalue weighted by molar-refractivity contribution is -0.274. The highest BCUT2D eigenvalue weighted by Gasteiger charge is 2.31. The fourth-order valence-electron chi connectivity index (χ4n) is 3.09. The Morgan fingerprint density at radius 3 is 2.16 bits per heavy atom. The molecule has 1 heterocycles. The van der Waals surface area contributed by atoms with Crippen LogP contribution >= 0.6 is 0 Å². The van der Waals surface area contributed by atoms with E-state index < -0.39 is 23.6 Å². The van der Waals surface area contributed by atoms with Crippen molar-refractivity contribution >= 4 is 12.2 Å². The summed E-state index contributed by atoms with van der Waals surface area (Å²) in [6, 6.07) is 13.6. The SMILES string of the molecule is CC(C=O)(Cc1ccc(-c2ccc(OC(F)(F)F)cc2)cc1)NC(=O)c1ccncc1F. The fraction of sp³-hybridized carbons (Fsp3) is 0.174. The summed E-state index contributed by atoms with van der Waals surface area (Å²) >= 11 is 0. The molecule has 0 aliphatic heterocycles. The van der Waals surface area contributed by atoms with Gasteiger partial charge in [-0.1, -0.05) is 36.4 Å².